The summed E-state index contributed by atoms with van der Waals surface area (Å²) in [5, 5.41) is 9.40. The van der Waals surface area contributed by atoms with E-state index in [9.17, 15) is 4.79 Å². The fourth-order valence-electron chi connectivity index (χ4n) is 1.88. The summed E-state index contributed by atoms with van der Waals surface area (Å²) in [4.78, 5) is 10.5. The Morgan fingerprint density at radius 3 is 3.00 bits per heavy atom. The molecule has 0 saturated heterocycles. The lowest BCUT2D eigenvalue weighted by Crippen LogP contribution is -1.95. The number of carbonyl (C=O) groups is 1. The Morgan fingerprint density at radius 2 is 2.27 bits per heavy atom. The monoisotopic (exact) mass is 222 g/mol. The Morgan fingerprint density at radius 1 is 1.47 bits per heavy atom. The lowest BCUT2D eigenvalue weighted by molar-refractivity contribution is -0.136. The highest BCUT2D eigenvalue weighted by Crippen LogP contribution is 2.34. The quantitative estimate of drug-likeness (QED) is 0.853. The summed E-state index contributed by atoms with van der Waals surface area (Å²) >= 11 is 6.05. The molecule has 0 spiro atoms. The molecule has 0 aliphatic heterocycles. The van der Waals surface area contributed by atoms with Crippen molar-refractivity contribution in [3.05, 3.63) is 40.4 Å². The molecule has 78 valence electrons. The van der Waals surface area contributed by atoms with Gasteiger partial charge < -0.3 is 5.11 Å². The van der Waals surface area contributed by atoms with Crippen molar-refractivity contribution in [1.29, 1.82) is 0 Å². The number of fused-ring (bicyclic) bond motifs is 1. The van der Waals surface area contributed by atoms with E-state index in [-0.39, 0.29) is 6.42 Å². The lowest BCUT2D eigenvalue weighted by atomic mass is 10.0. The van der Waals surface area contributed by atoms with E-state index in [0.29, 0.717) is 6.42 Å². The molecule has 1 aliphatic rings. The van der Waals surface area contributed by atoms with Crippen LogP contribution in [-0.4, -0.2) is 11.1 Å². The van der Waals surface area contributed by atoms with Crippen LogP contribution in [0.1, 0.15) is 24.0 Å². The Kier molecular flexibility index (Phi) is 2.78. The number of aliphatic carboxylic acids is 1. The Bertz CT molecular complexity index is 435. The van der Waals surface area contributed by atoms with E-state index in [2.05, 4.69) is 6.08 Å². The lowest BCUT2D eigenvalue weighted by Gasteiger charge is -2.05. The van der Waals surface area contributed by atoms with E-state index in [0.717, 1.165) is 28.1 Å². The summed E-state index contributed by atoms with van der Waals surface area (Å²) in [6.45, 7) is 0. The van der Waals surface area contributed by atoms with Crippen LogP contribution in [0.25, 0.3) is 5.57 Å². The first-order valence-electron chi connectivity index (χ1n) is 4.87. The minimum atomic E-state index is -0.758. The average Bonchev–Trinajstić information content (AvgIpc) is 2.59. The normalized spacial score (nSPS) is 13.5. The average molecular weight is 223 g/mol. The van der Waals surface area contributed by atoms with Gasteiger partial charge in [-0.15, -0.1) is 0 Å². The minimum Gasteiger partial charge on any atom is -0.481 e. The predicted molar refractivity (Wildman–Crippen MR) is 60.0 cm³/mol. The summed E-state index contributed by atoms with van der Waals surface area (Å²) in [6, 6.07) is 5.78. The maximum atomic E-state index is 10.5. The molecule has 1 N–H and O–H groups in total. The first-order chi connectivity index (χ1) is 7.18. The van der Waals surface area contributed by atoms with Crippen molar-refractivity contribution in [3.8, 4) is 0 Å². The fraction of sp³-hybridized carbons (Fsp3) is 0.250. The SMILES string of the molecule is O=C(O)CCC1=CCc2c(Cl)cccc21. The maximum Gasteiger partial charge on any atom is 0.303 e. The number of carboxylic acids is 1. The summed E-state index contributed by atoms with van der Waals surface area (Å²) < 4.78 is 0. The van der Waals surface area contributed by atoms with Crippen LogP contribution >= 0.6 is 11.6 Å². The van der Waals surface area contributed by atoms with E-state index in [4.69, 9.17) is 16.7 Å². The van der Waals surface area contributed by atoms with Crippen LogP contribution in [0.2, 0.25) is 5.02 Å². The van der Waals surface area contributed by atoms with Gasteiger partial charge in [-0.2, -0.15) is 0 Å². The molecule has 1 aromatic rings. The fourth-order valence-corrected chi connectivity index (χ4v) is 2.13. The Hall–Kier alpha value is -1.28. The second-order valence-corrected chi connectivity index (χ2v) is 4.00. The van der Waals surface area contributed by atoms with Gasteiger partial charge in [-0.05, 0) is 35.6 Å². The highest BCUT2D eigenvalue weighted by atomic mass is 35.5. The van der Waals surface area contributed by atoms with Crippen LogP contribution in [0.3, 0.4) is 0 Å². The Labute approximate surface area is 93.2 Å². The molecule has 3 heteroatoms. The molecule has 0 atom stereocenters. The second kappa shape index (κ2) is 4.07. The van der Waals surface area contributed by atoms with Gasteiger partial charge in [0.25, 0.3) is 0 Å². The van der Waals surface area contributed by atoms with E-state index < -0.39 is 5.97 Å². The molecular formula is C12H11ClO2. The van der Waals surface area contributed by atoms with Gasteiger partial charge in [0, 0.05) is 11.4 Å². The zero-order valence-electron chi connectivity index (χ0n) is 8.16. The molecule has 0 heterocycles. The van der Waals surface area contributed by atoms with Crippen molar-refractivity contribution >= 4 is 23.1 Å². The number of allylic oxidation sites excluding steroid dienone is 2. The van der Waals surface area contributed by atoms with Gasteiger partial charge in [-0.3, -0.25) is 4.79 Å². The molecule has 0 fully saturated rings. The summed E-state index contributed by atoms with van der Waals surface area (Å²) in [5.74, 6) is -0.758. The van der Waals surface area contributed by atoms with Crippen molar-refractivity contribution < 1.29 is 9.90 Å². The van der Waals surface area contributed by atoms with Crippen LogP contribution in [0.15, 0.2) is 24.3 Å². The van der Waals surface area contributed by atoms with E-state index >= 15 is 0 Å². The van der Waals surface area contributed by atoms with Crippen LogP contribution in [0.4, 0.5) is 0 Å². The second-order valence-electron chi connectivity index (χ2n) is 3.59. The predicted octanol–water partition coefficient (Wildman–Crippen LogP) is 3.14. The zero-order valence-corrected chi connectivity index (χ0v) is 8.92. The van der Waals surface area contributed by atoms with Crippen LogP contribution in [-0.2, 0) is 11.2 Å². The molecule has 1 aromatic carbocycles. The first kappa shape index (κ1) is 10.2. The van der Waals surface area contributed by atoms with Crippen molar-refractivity contribution in [2.75, 3.05) is 0 Å². The molecule has 0 amide bonds. The summed E-state index contributed by atoms with van der Waals surface area (Å²) in [7, 11) is 0. The van der Waals surface area contributed by atoms with E-state index in [1.165, 1.54) is 0 Å². The molecule has 0 saturated carbocycles. The highest BCUT2D eigenvalue weighted by molar-refractivity contribution is 6.31. The molecular weight excluding hydrogens is 212 g/mol. The topological polar surface area (TPSA) is 37.3 Å². The van der Waals surface area contributed by atoms with Gasteiger partial charge in [0.2, 0.25) is 0 Å². The highest BCUT2D eigenvalue weighted by Gasteiger charge is 2.16. The van der Waals surface area contributed by atoms with Crippen molar-refractivity contribution in [2.24, 2.45) is 0 Å². The molecule has 0 unspecified atom stereocenters. The third kappa shape index (κ3) is 2.05. The van der Waals surface area contributed by atoms with Crippen LogP contribution in [0.5, 0.6) is 0 Å². The van der Waals surface area contributed by atoms with Crippen LogP contribution < -0.4 is 0 Å². The third-order valence-corrected chi connectivity index (χ3v) is 2.98. The zero-order chi connectivity index (χ0) is 10.8. The number of hydrogen-bond acceptors (Lipinski definition) is 1. The van der Waals surface area contributed by atoms with Gasteiger partial charge in [-0.25, -0.2) is 0 Å². The molecule has 1 aliphatic carbocycles. The molecule has 0 radical (unpaired) electrons. The molecule has 2 rings (SSSR count). The molecule has 0 aromatic heterocycles. The van der Waals surface area contributed by atoms with Gasteiger partial charge in [-0.1, -0.05) is 29.8 Å². The number of rotatable bonds is 3. The summed E-state index contributed by atoms with van der Waals surface area (Å²) in [5.41, 5.74) is 3.35. The Balaban J connectivity index is 2.20. The number of halogens is 1. The van der Waals surface area contributed by atoms with Crippen molar-refractivity contribution in [2.45, 2.75) is 19.3 Å². The first-order valence-corrected chi connectivity index (χ1v) is 5.25. The van der Waals surface area contributed by atoms with Crippen molar-refractivity contribution in [3.63, 3.8) is 0 Å². The molecule has 15 heavy (non-hydrogen) atoms. The number of carboxylic acid groups (broad SMARTS) is 1. The van der Waals surface area contributed by atoms with Gasteiger partial charge in [0.15, 0.2) is 0 Å². The number of hydrogen-bond donors (Lipinski definition) is 1. The van der Waals surface area contributed by atoms with Crippen LogP contribution in [0, 0.1) is 0 Å². The maximum absolute atomic E-state index is 10.5. The van der Waals surface area contributed by atoms with Gasteiger partial charge in [0.05, 0.1) is 0 Å². The van der Waals surface area contributed by atoms with Gasteiger partial charge >= 0.3 is 5.97 Å². The molecule has 2 nitrogen and oxygen atoms in total. The standard InChI is InChI=1S/C12H11ClO2/c13-11-3-1-2-9-8(4-6-10(9)11)5-7-12(14)15/h1-4H,5-7H2,(H,14,15). The largest absolute Gasteiger partial charge is 0.481 e. The smallest absolute Gasteiger partial charge is 0.303 e. The summed E-state index contributed by atoms with van der Waals surface area (Å²) in [6.07, 6.45) is 3.66. The van der Waals surface area contributed by atoms with E-state index in [1.54, 1.807) is 0 Å². The molecule has 0 bridgehead atoms. The third-order valence-electron chi connectivity index (χ3n) is 2.63. The van der Waals surface area contributed by atoms with E-state index in [1.807, 2.05) is 18.2 Å². The minimum absolute atomic E-state index is 0.178. The van der Waals surface area contributed by atoms with Gasteiger partial charge in [0.1, 0.15) is 0 Å². The van der Waals surface area contributed by atoms with Crippen molar-refractivity contribution in [1.82, 2.24) is 0 Å². The number of benzene rings is 1.